The van der Waals surface area contributed by atoms with Gasteiger partial charge in [0, 0.05) is 19.2 Å². The van der Waals surface area contributed by atoms with Gasteiger partial charge in [0.05, 0.1) is 60.7 Å². The molecule has 0 aliphatic carbocycles. The monoisotopic (exact) mass is 754 g/mol. The average molecular weight is 755 g/mol. The minimum absolute atomic E-state index is 0.194. The van der Waals surface area contributed by atoms with Crippen molar-refractivity contribution in [2.24, 2.45) is 0 Å². The first-order chi connectivity index (χ1) is 27.3. The number of rotatable bonds is 14. The Bertz CT molecular complexity index is 2240. The van der Waals surface area contributed by atoms with Crippen LogP contribution in [0.3, 0.4) is 0 Å². The number of amides is 3. The second-order valence-corrected chi connectivity index (χ2v) is 13.4. The van der Waals surface area contributed by atoms with E-state index in [9.17, 15) is 19.5 Å². The summed E-state index contributed by atoms with van der Waals surface area (Å²) in [4.78, 5) is 65.3. The molecule has 56 heavy (non-hydrogen) atoms. The number of nitrogens with one attached hydrogen (secondary N) is 5. The summed E-state index contributed by atoms with van der Waals surface area (Å²) in [5.74, 6) is 0.701. The molecule has 3 amide bonds. The summed E-state index contributed by atoms with van der Waals surface area (Å²) < 4.78 is 5.15. The second-order valence-electron chi connectivity index (χ2n) is 13.4. The van der Waals surface area contributed by atoms with E-state index in [2.05, 4.69) is 45.9 Å². The molecule has 1 fully saturated rings. The van der Waals surface area contributed by atoms with Gasteiger partial charge in [0.25, 0.3) is 5.91 Å². The number of nitrogens with zero attached hydrogens (tertiary/aromatic N) is 5. The Morgan fingerprint density at radius 2 is 1.43 bits per heavy atom. The fourth-order valence-corrected chi connectivity index (χ4v) is 6.85. The normalized spacial score (nSPS) is 15.5. The Hall–Kier alpha value is -6.71. The van der Waals surface area contributed by atoms with Gasteiger partial charge in [0.2, 0.25) is 5.91 Å². The Balaban J connectivity index is 0.987. The van der Waals surface area contributed by atoms with Crippen molar-refractivity contribution in [2.45, 2.75) is 43.9 Å². The van der Waals surface area contributed by atoms with Crippen LogP contribution < -0.4 is 16.0 Å². The lowest BCUT2D eigenvalue weighted by Gasteiger charge is -2.28. The van der Waals surface area contributed by atoms with Crippen LogP contribution in [-0.4, -0.2) is 78.2 Å². The number of H-pyrrole nitrogens is 2. The van der Waals surface area contributed by atoms with E-state index in [0.29, 0.717) is 47.3 Å². The summed E-state index contributed by atoms with van der Waals surface area (Å²) in [6.45, 7) is 2.59. The molecule has 3 aromatic heterocycles. The van der Waals surface area contributed by atoms with Crippen LogP contribution in [0.1, 0.15) is 66.7 Å². The highest BCUT2D eigenvalue weighted by atomic mass is 16.5. The smallest absolute Gasteiger partial charge is 0.405 e. The summed E-state index contributed by atoms with van der Waals surface area (Å²) in [6, 6.07) is 23.8. The van der Waals surface area contributed by atoms with E-state index in [1.54, 1.807) is 61.1 Å². The first-order valence-corrected chi connectivity index (χ1v) is 18.2. The highest BCUT2D eigenvalue weighted by molar-refractivity contribution is 5.87. The lowest BCUT2D eigenvalue weighted by Crippen LogP contribution is -2.42. The van der Waals surface area contributed by atoms with Crippen LogP contribution in [0.2, 0.25) is 0 Å². The van der Waals surface area contributed by atoms with E-state index in [-0.39, 0.29) is 30.6 Å². The van der Waals surface area contributed by atoms with Crippen molar-refractivity contribution in [3.05, 3.63) is 132 Å². The Morgan fingerprint density at radius 3 is 2.09 bits per heavy atom. The lowest BCUT2D eigenvalue weighted by molar-refractivity contribution is -0.134. The SMILES string of the molecule is COCN[C@@H](C(=O)N[C@@H](C)c1ncc(-c2ccc(-c3cnc(-c4cnc([C@@H]5CCCN5C(=O)[C@H](NC(=O)O)c5ccccc5)[nH]4)cn3)cc2)[nH]1)c1ccccc1. The standard InChI is InChI=1S/C41H42N10O5/c1-25(47-39(52)35(46-24-56-2)28-10-5-3-6-11-28)37-44-21-31(48-37)27-17-15-26(16-18-27)30-20-43-32(22-42-30)33-23-45-38(49-33)34-14-9-19-51(34)40(53)36(50-41(54)55)29-12-7-4-8-13-29/h3-8,10-13,15-18,20-23,25,34-36,46,50H,9,14,19,24H2,1-2H3,(H,44,48)(H,45,49)(H,47,52)(H,54,55)/t25-,34-,35+,36+/m0/s1. The van der Waals surface area contributed by atoms with Crippen LogP contribution >= 0.6 is 0 Å². The number of aromatic nitrogens is 6. The summed E-state index contributed by atoms with van der Waals surface area (Å²) >= 11 is 0. The molecule has 0 saturated carbocycles. The molecule has 15 nitrogen and oxygen atoms in total. The molecule has 4 atom stereocenters. The van der Waals surface area contributed by atoms with Gasteiger partial charge in [0.1, 0.15) is 29.4 Å². The molecule has 1 aliphatic heterocycles. The molecule has 0 radical (unpaired) electrons. The topological polar surface area (TPSA) is 203 Å². The third-order valence-corrected chi connectivity index (χ3v) is 9.71. The van der Waals surface area contributed by atoms with Gasteiger partial charge >= 0.3 is 6.09 Å². The molecular formula is C41H42N10O5. The van der Waals surface area contributed by atoms with Gasteiger partial charge in [-0.25, -0.2) is 14.8 Å². The van der Waals surface area contributed by atoms with Crippen LogP contribution in [0, 0.1) is 0 Å². The van der Waals surface area contributed by atoms with Crippen molar-refractivity contribution in [1.29, 1.82) is 0 Å². The number of hydrogen-bond donors (Lipinski definition) is 6. The molecule has 6 N–H and O–H groups in total. The number of carboxylic acid groups (broad SMARTS) is 1. The number of imidazole rings is 2. The molecule has 1 saturated heterocycles. The van der Waals surface area contributed by atoms with Gasteiger partial charge in [-0.1, -0.05) is 84.9 Å². The van der Waals surface area contributed by atoms with Crippen LogP contribution in [0.15, 0.2) is 110 Å². The number of ether oxygens (including phenoxy) is 1. The van der Waals surface area contributed by atoms with E-state index >= 15 is 0 Å². The summed E-state index contributed by atoms with van der Waals surface area (Å²) in [5.41, 5.74) is 5.92. The second kappa shape index (κ2) is 17.2. The molecule has 1 aliphatic rings. The molecule has 15 heteroatoms. The third kappa shape index (κ3) is 8.48. The van der Waals surface area contributed by atoms with Gasteiger partial charge in [-0.3, -0.25) is 24.9 Å². The molecule has 4 heterocycles. The number of likely N-dealkylation sites (tertiary alicyclic amines) is 1. The summed E-state index contributed by atoms with van der Waals surface area (Å²) in [5, 5.41) is 18.0. The maximum atomic E-state index is 13.7. The van der Waals surface area contributed by atoms with Crippen LogP contribution in [0.4, 0.5) is 4.79 Å². The highest BCUT2D eigenvalue weighted by Crippen LogP contribution is 2.34. The van der Waals surface area contributed by atoms with Gasteiger partial charge in [-0.05, 0) is 36.5 Å². The predicted molar refractivity (Wildman–Crippen MR) is 207 cm³/mol. The molecule has 7 rings (SSSR count). The maximum absolute atomic E-state index is 13.7. The van der Waals surface area contributed by atoms with Crippen molar-refractivity contribution in [3.8, 4) is 33.9 Å². The first-order valence-electron chi connectivity index (χ1n) is 18.2. The molecule has 6 aromatic rings. The van der Waals surface area contributed by atoms with E-state index in [4.69, 9.17) is 4.74 Å². The van der Waals surface area contributed by atoms with Crippen molar-refractivity contribution in [2.75, 3.05) is 20.4 Å². The quantitative estimate of drug-likeness (QED) is 0.0748. The van der Waals surface area contributed by atoms with Gasteiger partial charge in [0.15, 0.2) is 0 Å². The maximum Gasteiger partial charge on any atom is 0.405 e. The number of carbonyl (C=O) groups is 3. The van der Waals surface area contributed by atoms with Crippen molar-refractivity contribution < 1.29 is 24.2 Å². The highest BCUT2D eigenvalue weighted by Gasteiger charge is 2.37. The lowest BCUT2D eigenvalue weighted by atomic mass is 10.1. The van der Waals surface area contributed by atoms with Crippen molar-refractivity contribution in [1.82, 2.24) is 50.8 Å². The van der Waals surface area contributed by atoms with Crippen molar-refractivity contribution >= 4 is 17.9 Å². The molecular weight excluding hydrogens is 713 g/mol. The fourth-order valence-electron chi connectivity index (χ4n) is 6.85. The molecule has 0 unspecified atom stereocenters. The molecule has 3 aromatic carbocycles. The Labute approximate surface area is 323 Å². The Kier molecular flexibility index (Phi) is 11.5. The van der Waals surface area contributed by atoms with E-state index in [0.717, 1.165) is 28.8 Å². The third-order valence-electron chi connectivity index (χ3n) is 9.71. The molecule has 286 valence electrons. The molecule has 0 bridgehead atoms. The zero-order chi connectivity index (χ0) is 39.0. The van der Waals surface area contributed by atoms with E-state index in [1.165, 1.54) is 0 Å². The number of carbonyl (C=O) groups excluding carboxylic acids is 2. The first kappa shape index (κ1) is 37.6. The van der Waals surface area contributed by atoms with Gasteiger partial charge in [-0.2, -0.15) is 0 Å². The number of methoxy groups -OCH3 is 1. The molecule has 0 spiro atoms. The van der Waals surface area contributed by atoms with Gasteiger partial charge < -0.3 is 35.3 Å². The van der Waals surface area contributed by atoms with Crippen LogP contribution in [0.5, 0.6) is 0 Å². The summed E-state index contributed by atoms with van der Waals surface area (Å²) in [6.07, 6.45) is 6.96. The Morgan fingerprint density at radius 1 is 0.786 bits per heavy atom. The largest absolute Gasteiger partial charge is 0.465 e. The summed E-state index contributed by atoms with van der Waals surface area (Å²) in [7, 11) is 1.57. The average Bonchev–Trinajstić information content (AvgIpc) is 4.03. The van der Waals surface area contributed by atoms with E-state index in [1.807, 2.05) is 67.6 Å². The van der Waals surface area contributed by atoms with Crippen LogP contribution in [0.25, 0.3) is 33.9 Å². The minimum Gasteiger partial charge on any atom is -0.465 e. The van der Waals surface area contributed by atoms with E-state index < -0.39 is 18.2 Å². The number of benzene rings is 3. The van der Waals surface area contributed by atoms with Crippen LogP contribution in [-0.2, 0) is 14.3 Å². The number of aromatic amines is 2. The fraction of sp³-hybridized carbons (Fsp3) is 0.244. The zero-order valence-corrected chi connectivity index (χ0v) is 30.8. The van der Waals surface area contributed by atoms with Crippen molar-refractivity contribution in [3.63, 3.8) is 0 Å². The zero-order valence-electron chi connectivity index (χ0n) is 30.8. The number of hydrogen-bond acceptors (Lipinski definition) is 9. The predicted octanol–water partition coefficient (Wildman–Crippen LogP) is 5.71. The minimum atomic E-state index is -1.27. The van der Waals surface area contributed by atoms with Gasteiger partial charge in [-0.15, -0.1) is 0 Å².